The second kappa shape index (κ2) is 13.8. The fourth-order valence-corrected chi connectivity index (χ4v) is 3.30. The van der Waals surface area contributed by atoms with Crippen molar-refractivity contribution in [2.75, 3.05) is 18.8 Å². The summed E-state index contributed by atoms with van der Waals surface area (Å²) >= 11 is 3.89. The third kappa shape index (κ3) is 9.53. The van der Waals surface area contributed by atoms with Crippen LogP contribution in [0.3, 0.4) is 0 Å². The summed E-state index contributed by atoms with van der Waals surface area (Å²) in [4.78, 5) is 59.9. The van der Waals surface area contributed by atoms with Gasteiger partial charge in [0.15, 0.2) is 0 Å². The monoisotopic (exact) mass is 461 g/mol. The first-order valence-corrected chi connectivity index (χ1v) is 10.7. The first-order valence-electron chi connectivity index (χ1n) is 10.1. The van der Waals surface area contributed by atoms with E-state index < -0.39 is 60.2 Å². The predicted molar refractivity (Wildman–Crippen MR) is 113 cm³/mol. The maximum Gasteiger partial charge on any atom is 0.327 e. The summed E-state index contributed by atoms with van der Waals surface area (Å²) in [7, 11) is 0. The van der Waals surface area contributed by atoms with Gasteiger partial charge < -0.3 is 37.2 Å². The standard InChI is InChI=1S/C18H31N5O7S/c19-6-2-1-4-11(16(27)23-13(9-31)18(29)30)21-17(28)12(8-14(24)25)22-15(26)10-5-3-7-20-10/h10-13,20,31H,1-9,19H2,(H,21,28)(H,22,26)(H,23,27)(H,24,25)(H,29,30). The van der Waals surface area contributed by atoms with Crippen LogP contribution in [0.5, 0.6) is 0 Å². The molecular weight excluding hydrogens is 430 g/mol. The summed E-state index contributed by atoms with van der Waals surface area (Å²) in [5.74, 6) is -4.83. The molecule has 0 aromatic heterocycles. The molecule has 8 N–H and O–H groups in total. The molecule has 0 spiro atoms. The van der Waals surface area contributed by atoms with Crippen molar-refractivity contribution >= 4 is 42.3 Å². The number of carbonyl (C=O) groups is 5. The number of hydrogen-bond donors (Lipinski definition) is 8. The lowest BCUT2D eigenvalue weighted by atomic mass is 10.1. The number of aliphatic carboxylic acids is 2. The van der Waals surface area contributed by atoms with Gasteiger partial charge in [0.1, 0.15) is 18.1 Å². The van der Waals surface area contributed by atoms with Crippen LogP contribution >= 0.6 is 12.6 Å². The highest BCUT2D eigenvalue weighted by Gasteiger charge is 2.32. The minimum Gasteiger partial charge on any atom is -0.481 e. The molecule has 3 amide bonds. The minimum atomic E-state index is -1.39. The van der Waals surface area contributed by atoms with Crippen molar-refractivity contribution in [1.82, 2.24) is 21.3 Å². The zero-order valence-corrected chi connectivity index (χ0v) is 18.0. The van der Waals surface area contributed by atoms with Crippen LogP contribution in [0, 0.1) is 0 Å². The molecular formula is C18H31N5O7S. The first-order chi connectivity index (χ1) is 14.7. The van der Waals surface area contributed by atoms with Crippen molar-refractivity contribution < 1.29 is 34.2 Å². The number of unbranched alkanes of at least 4 members (excludes halogenated alkanes) is 1. The van der Waals surface area contributed by atoms with Gasteiger partial charge in [-0.2, -0.15) is 12.6 Å². The highest BCUT2D eigenvalue weighted by molar-refractivity contribution is 7.80. The van der Waals surface area contributed by atoms with E-state index in [4.69, 9.17) is 15.9 Å². The van der Waals surface area contributed by atoms with Gasteiger partial charge in [0.25, 0.3) is 0 Å². The summed E-state index contributed by atoms with van der Waals surface area (Å²) in [6, 6.07) is -4.29. The molecule has 0 aromatic carbocycles. The predicted octanol–water partition coefficient (Wildman–Crippen LogP) is -2.19. The minimum absolute atomic E-state index is 0.156. The smallest absolute Gasteiger partial charge is 0.327 e. The van der Waals surface area contributed by atoms with Crippen LogP contribution < -0.4 is 27.0 Å². The maximum absolute atomic E-state index is 12.7. The highest BCUT2D eigenvalue weighted by Crippen LogP contribution is 2.07. The Morgan fingerprint density at radius 2 is 1.65 bits per heavy atom. The molecule has 1 aliphatic heterocycles. The van der Waals surface area contributed by atoms with Crippen LogP contribution in [0.2, 0.25) is 0 Å². The summed E-state index contributed by atoms with van der Waals surface area (Å²) < 4.78 is 0. The summed E-state index contributed by atoms with van der Waals surface area (Å²) in [5, 5.41) is 28.3. The quantitative estimate of drug-likeness (QED) is 0.104. The largest absolute Gasteiger partial charge is 0.481 e. The molecule has 176 valence electrons. The van der Waals surface area contributed by atoms with E-state index in [1.54, 1.807) is 0 Å². The van der Waals surface area contributed by atoms with Crippen molar-refractivity contribution in [3.8, 4) is 0 Å². The SMILES string of the molecule is NCCCCC(NC(=O)C(CC(=O)O)NC(=O)C1CCCN1)C(=O)NC(CS)C(=O)O. The molecule has 1 heterocycles. The third-order valence-electron chi connectivity index (χ3n) is 4.77. The molecule has 13 heteroatoms. The molecule has 12 nitrogen and oxygen atoms in total. The zero-order valence-electron chi connectivity index (χ0n) is 17.1. The average molecular weight is 462 g/mol. The van der Waals surface area contributed by atoms with E-state index in [9.17, 15) is 24.0 Å². The van der Waals surface area contributed by atoms with Crippen molar-refractivity contribution in [1.29, 1.82) is 0 Å². The Labute approximate surface area is 185 Å². The lowest BCUT2D eigenvalue weighted by molar-refractivity contribution is -0.143. The molecule has 1 fully saturated rings. The average Bonchev–Trinajstić information content (AvgIpc) is 3.25. The fourth-order valence-electron chi connectivity index (χ4n) is 3.06. The Bertz CT molecular complexity index is 657. The van der Waals surface area contributed by atoms with Gasteiger partial charge in [0.05, 0.1) is 12.5 Å². The van der Waals surface area contributed by atoms with E-state index >= 15 is 0 Å². The van der Waals surface area contributed by atoms with E-state index in [-0.39, 0.29) is 12.2 Å². The number of hydrogen-bond acceptors (Lipinski definition) is 8. The van der Waals surface area contributed by atoms with Gasteiger partial charge in [-0.05, 0) is 45.2 Å². The summed E-state index contributed by atoms with van der Waals surface area (Å²) in [6.07, 6.45) is 1.87. The van der Waals surface area contributed by atoms with Crippen molar-refractivity contribution in [2.45, 2.75) is 62.7 Å². The zero-order chi connectivity index (χ0) is 23.4. The third-order valence-corrected chi connectivity index (χ3v) is 5.13. The number of carbonyl (C=O) groups excluding carboxylic acids is 3. The lowest BCUT2D eigenvalue weighted by Crippen LogP contribution is -2.57. The van der Waals surface area contributed by atoms with Crippen molar-refractivity contribution in [3.05, 3.63) is 0 Å². The van der Waals surface area contributed by atoms with Gasteiger partial charge in [0, 0.05) is 5.75 Å². The molecule has 4 unspecified atom stereocenters. The van der Waals surface area contributed by atoms with Gasteiger partial charge in [0.2, 0.25) is 17.7 Å². The topological polar surface area (TPSA) is 200 Å². The van der Waals surface area contributed by atoms with Crippen LogP contribution in [0.15, 0.2) is 0 Å². The summed E-state index contributed by atoms with van der Waals surface area (Å²) in [6.45, 7) is 1.01. The van der Waals surface area contributed by atoms with Crippen LogP contribution in [0.25, 0.3) is 0 Å². The van der Waals surface area contributed by atoms with E-state index in [2.05, 4.69) is 33.9 Å². The number of amides is 3. The Hall–Kier alpha value is -2.38. The molecule has 1 aliphatic rings. The molecule has 4 atom stereocenters. The van der Waals surface area contributed by atoms with Crippen LogP contribution in [0.1, 0.15) is 38.5 Å². The first kappa shape index (κ1) is 26.7. The number of nitrogens with one attached hydrogen (secondary N) is 4. The van der Waals surface area contributed by atoms with Gasteiger partial charge in [-0.3, -0.25) is 19.2 Å². The van der Waals surface area contributed by atoms with Gasteiger partial charge in [-0.1, -0.05) is 0 Å². The molecule has 31 heavy (non-hydrogen) atoms. The number of nitrogens with two attached hydrogens (primary N) is 1. The normalized spacial score (nSPS) is 18.5. The lowest BCUT2D eigenvalue weighted by Gasteiger charge is -2.24. The Balaban J connectivity index is 2.88. The molecule has 0 saturated carbocycles. The highest BCUT2D eigenvalue weighted by atomic mass is 32.1. The van der Waals surface area contributed by atoms with Gasteiger partial charge >= 0.3 is 11.9 Å². The van der Waals surface area contributed by atoms with E-state index in [1.807, 2.05) is 0 Å². The number of rotatable bonds is 14. The number of thiol groups is 1. The Morgan fingerprint density at radius 3 is 2.16 bits per heavy atom. The molecule has 0 bridgehead atoms. The maximum atomic E-state index is 12.7. The molecule has 0 aromatic rings. The van der Waals surface area contributed by atoms with E-state index in [1.165, 1.54) is 0 Å². The van der Waals surface area contributed by atoms with Gasteiger partial charge in [-0.25, -0.2) is 4.79 Å². The second-order valence-electron chi connectivity index (χ2n) is 7.24. The second-order valence-corrected chi connectivity index (χ2v) is 7.60. The Kier molecular flexibility index (Phi) is 11.9. The number of carboxylic acids is 2. The van der Waals surface area contributed by atoms with E-state index in [0.717, 1.165) is 6.42 Å². The number of carboxylic acid groups (broad SMARTS) is 2. The van der Waals surface area contributed by atoms with E-state index in [0.29, 0.717) is 32.4 Å². The molecule has 1 saturated heterocycles. The van der Waals surface area contributed by atoms with Gasteiger partial charge in [-0.15, -0.1) is 0 Å². The summed E-state index contributed by atoms with van der Waals surface area (Å²) in [5.41, 5.74) is 5.46. The molecule has 0 aliphatic carbocycles. The van der Waals surface area contributed by atoms with Crippen molar-refractivity contribution in [2.24, 2.45) is 5.73 Å². The molecule has 0 radical (unpaired) electrons. The fraction of sp³-hybridized carbons (Fsp3) is 0.722. The van der Waals surface area contributed by atoms with Crippen LogP contribution in [0.4, 0.5) is 0 Å². The Morgan fingerprint density at radius 1 is 1.00 bits per heavy atom. The van der Waals surface area contributed by atoms with Crippen LogP contribution in [-0.2, 0) is 24.0 Å². The van der Waals surface area contributed by atoms with Crippen LogP contribution in [-0.4, -0.2) is 82.9 Å². The molecule has 1 rings (SSSR count). The van der Waals surface area contributed by atoms with Crippen molar-refractivity contribution in [3.63, 3.8) is 0 Å².